The van der Waals surface area contributed by atoms with E-state index in [4.69, 9.17) is 5.73 Å². The molecule has 1 saturated carbocycles. The Bertz CT molecular complexity index is 159. The van der Waals surface area contributed by atoms with Crippen molar-refractivity contribution in [1.82, 2.24) is 4.90 Å². The van der Waals surface area contributed by atoms with E-state index < -0.39 is 0 Å². The third-order valence-electron chi connectivity index (χ3n) is 3.70. The van der Waals surface area contributed by atoms with Gasteiger partial charge in [0.1, 0.15) is 0 Å². The third kappa shape index (κ3) is 1.27. The van der Waals surface area contributed by atoms with Crippen molar-refractivity contribution < 1.29 is 0 Å². The first-order chi connectivity index (χ1) is 5.77. The number of hydrogen-bond acceptors (Lipinski definition) is 2. The average molecular weight is 168 g/mol. The minimum Gasteiger partial charge on any atom is -0.329 e. The van der Waals surface area contributed by atoms with Crippen LogP contribution in [0, 0.1) is 5.92 Å². The summed E-state index contributed by atoms with van der Waals surface area (Å²) in [6.07, 6.45) is 5.57. The molecule has 2 N–H and O–H groups in total. The third-order valence-corrected chi connectivity index (χ3v) is 3.70. The van der Waals surface area contributed by atoms with Gasteiger partial charge in [-0.25, -0.2) is 0 Å². The van der Waals surface area contributed by atoms with E-state index >= 15 is 0 Å². The van der Waals surface area contributed by atoms with E-state index in [0.29, 0.717) is 5.54 Å². The van der Waals surface area contributed by atoms with E-state index in [-0.39, 0.29) is 0 Å². The second kappa shape index (κ2) is 3.00. The fraction of sp³-hybridized carbons (Fsp3) is 1.00. The zero-order valence-corrected chi connectivity index (χ0v) is 8.05. The van der Waals surface area contributed by atoms with Gasteiger partial charge in [0.25, 0.3) is 0 Å². The standard InChI is InChI=1S/C10H20N2/c1-10(8-11,9-4-5-9)12-6-2-3-7-12/h9H,2-8,11H2,1H3. The van der Waals surface area contributed by atoms with Crippen molar-refractivity contribution in [3.8, 4) is 0 Å². The van der Waals surface area contributed by atoms with Crippen molar-refractivity contribution in [3.05, 3.63) is 0 Å². The summed E-state index contributed by atoms with van der Waals surface area (Å²) in [4.78, 5) is 2.62. The highest BCUT2D eigenvalue weighted by atomic mass is 15.2. The Kier molecular flexibility index (Phi) is 2.13. The monoisotopic (exact) mass is 168 g/mol. The molecule has 0 radical (unpaired) electrons. The SMILES string of the molecule is CC(CN)(C1CC1)N1CCCC1. The van der Waals surface area contributed by atoms with Gasteiger partial charge >= 0.3 is 0 Å². The lowest BCUT2D eigenvalue weighted by molar-refractivity contribution is 0.119. The van der Waals surface area contributed by atoms with Crippen molar-refractivity contribution >= 4 is 0 Å². The first-order valence-corrected chi connectivity index (χ1v) is 5.22. The second-order valence-electron chi connectivity index (χ2n) is 4.53. The molecule has 1 heterocycles. The molecule has 0 aromatic rings. The molecule has 0 aromatic carbocycles. The van der Waals surface area contributed by atoms with Crippen molar-refractivity contribution in [1.29, 1.82) is 0 Å². The average Bonchev–Trinajstić information content (AvgIpc) is 2.80. The van der Waals surface area contributed by atoms with Crippen LogP contribution in [-0.2, 0) is 0 Å². The predicted octanol–water partition coefficient (Wildman–Crippen LogP) is 1.21. The lowest BCUT2D eigenvalue weighted by Crippen LogP contribution is -2.52. The summed E-state index contributed by atoms with van der Waals surface area (Å²) in [5, 5.41) is 0. The molecule has 1 aliphatic carbocycles. The Labute approximate surface area is 75.1 Å². The van der Waals surface area contributed by atoms with Gasteiger partial charge in [-0.15, -0.1) is 0 Å². The molecular formula is C10H20N2. The number of hydrogen-bond donors (Lipinski definition) is 1. The highest BCUT2D eigenvalue weighted by Gasteiger charge is 2.45. The van der Waals surface area contributed by atoms with E-state index in [0.717, 1.165) is 12.5 Å². The highest BCUT2D eigenvalue weighted by molar-refractivity contribution is 5.01. The minimum absolute atomic E-state index is 0.344. The molecule has 12 heavy (non-hydrogen) atoms. The summed E-state index contributed by atoms with van der Waals surface area (Å²) in [6.45, 7) is 5.77. The second-order valence-corrected chi connectivity index (χ2v) is 4.53. The van der Waals surface area contributed by atoms with Crippen LogP contribution >= 0.6 is 0 Å². The summed E-state index contributed by atoms with van der Waals surface area (Å²) in [6, 6.07) is 0. The van der Waals surface area contributed by atoms with Crippen LogP contribution < -0.4 is 5.73 Å². The van der Waals surface area contributed by atoms with Gasteiger partial charge in [-0.05, 0) is 51.6 Å². The molecule has 2 aliphatic rings. The maximum Gasteiger partial charge on any atom is 0.0331 e. The number of likely N-dealkylation sites (tertiary alicyclic amines) is 1. The van der Waals surface area contributed by atoms with Crippen molar-refractivity contribution in [2.24, 2.45) is 11.7 Å². The zero-order valence-electron chi connectivity index (χ0n) is 8.05. The fourth-order valence-corrected chi connectivity index (χ4v) is 2.49. The van der Waals surface area contributed by atoms with E-state index in [1.807, 2.05) is 0 Å². The Morgan fingerprint density at radius 2 is 1.92 bits per heavy atom. The molecule has 2 fully saturated rings. The first kappa shape index (κ1) is 8.52. The van der Waals surface area contributed by atoms with Gasteiger partial charge in [0.15, 0.2) is 0 Å². The first-order valence-electron chi connectivity index (χ1n) is 5.22. The molecule has 2 heteroatoms. The molecule has 70 valence electrons. The lowest BCUT2D eigenvalue weighted by Gasteiger charge is -2.38. The Balaban J connectivity index is 2.03. The van der Waals surface area contributed by atoms with E-state index in [1.165, 1.54) is 38.8 Å². The molecule has 2 rings (SSSR count). The van der Waals surface area contributed by atoms with Crippen molar-refractivity contribution in [3.63, 3.8) is 0 Å². The van der Waals surface area contributed by atoms with Gasteiger partial charge in [-0.3, -0.25) is 4.90 Å². The molecule has 2 nitrogen and oxygen atoms in total. The van der Waals surface area contributed by atoms with Gasteiger partial charge < -0.3 is 5.73 Å². The van der Waals surface area contributed by atoms with Gasteiger partial charge in [-0.1, -0.05) is 0 Å². The maximum atomic E-state index is 5.89. The van der Waals surface area contributed by atoms with E-state index in [1.54, 1.807) is 0 Å². The summed E-state index contributed by atoms with van der Waals surface area (Å²) in [5.41, 5.74) is 6.23. The molecule has 1 atom stereocenters. The van der Waals surface area contributed by atoms with Crippen molar-refractivity contribution in [2.75, 3.05) is 19.6 Å². The fourth-order valence-electron chi connectivity index (χ4n) is 2.49. The Hall–Kier alpha value is -0.0800. The van der Waals surface area contributed by atoms with Crippen LogP contribution in [0.3, 0.4) is 0 Å². The molecule has 0 aromatic heterocycles. The quantitative estimate of drug-likeness (QED) is 0.686. The van der Waals surface area contributed by atoms with Crippen molar-refractivity contribution in [2.45, 2.75) is 38.1 Å². The van der Waals surface area contributed by atoms with E-state index in [2.05, 4.69) is 11.8 Å². The summed E-state index contributed by atoms with van der Waals surface area (Å²) >= 11 is 0. The van der Waals surface area contributed by atoms with Crippen LogP contribution in [0.4, 0.5) is 0 Å². The van der Waals surface area contributed by atoms with Gasteiger partial charge in [-0.2, -0.15) is 0 Å². The van der Waals surface area contributed by atoms with Crippen LogP contribution in [0.2, 0.25) is 0 Å². The van der Waals surface area contributed by atoms with Crippen LogP contribution in [0.15, 0.2) is 0 Å². The molecular weight excluding hydrogens is 148 g/mol. The molecule has 0 amide bonds. The zero-order chi connectivity index (χ0) is 8.60. The minimum atomic E-state index is 0.344. The molecule has 1 unspecified atom stereocenters. The van der Waals surface area contributed by atoms with Gasteiger partial charge in [0.2, 0.25) is 0 Å². The topological polar surface area (TPSA) is 29.3 Å². The summed E-state index contributed by atoms with van der Waals surface area (Å²) in [5.74, 6) is 0.903. The van der Waals surface area contributed by atoms with Crippen LogP contribution in [0.25, 0.3) is 0 Å². The molecule has 0 spiro atoms. The van der Waals surface area contributed by atoms with Gasteiger partial charge in [0.05, 0.1) is 0 Å². The number of nitrogens with two attached hydrogens (primary N) is 1. The molecule has 1 saturated heterocycles. The predicted molar refractivity (Wildman–Crippen MR) is 51.0 cm³/mol. The normalized spacial score (nSPS) is 30.5. The number of nitrogens with zero attached hydrogens (tertiary/aromatic N) is 1. The Morgan fingerprint density at radius 3 is 2.33 bits per heavy atom. The highest BCUT2D eigenvalue weighted by Crippen LogP contribution is 2.43. The largest absolute Gasteiger partial charge is 0.329 e. The lowest BCUT2D eigenvalue weighted by atomic mass is 9.94. The molecule has 0 bridgehead atoms. The van der Waals surface area contributed by atoms with E-state index in [9.17, 15) is 0 Å². The number of rotatable bonds is 3. The van der Waals surface area contributed by atoms with Crippen LogP contribution in [-0.4, -0.2) is 30.1 Å². The maximum absolute atomic E-state index is 5.89. The van der Waals surface area contributed by atoms with Crippen LogP contribution in [0.5, 0.6) is 0 Å². The summed E-state index contributed by atoms with van der Waals surface area (Å²) < 4.78 is 0. The van der Waals surface area contributed by atoms with Crippen LogP contribution in [0.1, 0.15) is 32.6 Å². The molecule has 1 aliphatic heterocycles. The Morgan fingerprint density at radius 1 is 1.33 bits per heavy atom. The summed E-state index contributed by atoms with van der Waals surface area (Å²) in [7, 11) is 0. The van der Waals surface area contributed by atoms with Gasteiger partial charge in [0, 0.05) is 12.1 Å². The smallest absolute Gasteiger partial charge is 0.0331 e.